The average Bonchev–Trinajstić information content (AvgIpc) is 3.70. The number of rotatable bonds is 6. The normalized spacial score (nSPS) is 14.0. The van der Waals surface area contributed by atoms with E-state index in [-0.39, 0.29) is 15.9 Å². The SMILES string of the molecule is O=C(c1ccc(-c2cnc3[nH]c4ccc(OS(=O)(=O)c5cccs5)cc4c3c2-c2ccccc2)cc1)N1CCOCC1. The third-order valence-corrected chi connectivity index (χ3v) is 9.95. The number of thiophene rings is 1. The first-order valence-corrected chi connectivity index (χ1v) is 15.7. The summed E-state index contributed by atoms with van der Waals surface area (Å²) in [4.78, 5) is 23.0. The lowest BCUT2D eigenvalue weighted by Gasteiger charge is -2.26. The van der Waals surface area contributed by atoms with Crippen LogP contribution in [0.5, 0.6) is 5.75 Å². The summed E-state index contributed by atoms with van der Waals surface area (Å²) in [6.45, 7) is 2.26. The van der Waals surface area contributed by atoms with Gasteiger partial charge in [-0.25, -0.2) is 4.98 Å². The van der Waals surface area contributed by atoms with Crippen molar-refractivity contribution in [2.24, 2.45) is 0 Å². The predicted octanol–water partition coefficient (Wildman–Crippen LogP) is 6.35. The molecule has 0 saturated carbocycles. The fourth-order valence-electron chi connectivity index (χ4n) is 5.33. The molecule has 1 aliphatic rings. The lowest BCUT2D eigenvalue weighted by Crippen LogP contribution is -2.40. The number of hydrogen-bond donors (Lipinski definition) is 1. The summed E-state index contributed by atoms with van der Waals surface area (Å²) < 4.78 is 36.7. The van der Waals surface area contributed by atoms with Crippen LogP contribution in [-0.4, -0.2) is 55.5 Å². The van der Waals surface area contributed by atoms with Crippen molar-refractivity contribution in [2.45, 2.75) is 4.21 Å². The highest BCUT2D eigenvalue weighted by Gasteiger charge is 2.22. The van der Waals surface area contributed by atoms with Crippen LogP contribution in [0.25, 0.3) is 44.2 Å². The molecule has 1 saturated heterocycles. The van der Waals surface area contributed by atoms with Gasteiger partial charge in [0.25, 0.3) is 5.91 Å². The van der Waals surface area contributed by atoms with Crippen molar-refractivity contribution in [3.8, 4) is 28.0 Å². The zero-order valence-electron chi connectivity index (χ0n) is 22.3. The number of carbonyl (C=O) groups excluding carboxylic acids is 1. The van der Waals surface area contributed by atoms with E-state index in [4.69, 9.17) is 13.9 Å². The first-order chi connectivity index (χ1) is 20.5. The molecule has 4 heterocycles. The third kappa shape index (κ3) is 4.83. The Morgan fingerprint density at radius 2 is 1.71 bits per heavy atom. The molecule has 10 heteroatoms. The number of ether oxygens (including phenoxy) is 1. The van der Waals surface area contributed by atoms with E-state index < -0.39 is 10.1 Å². The number of aromatic amines is 1. The minimum Gasteiger partial charge on any atom is -0.378 e. The number of benzene rings is 3. The standard InChI is InChI=1S/C32H25N3O5S2/c36-32(35-14-16-39-17-15-35)23-10-8-21(9-11-23)26-20-33-31-30(29(26)22-5-2-1-3-6-22)25-19-24(12-13-27(25)34-31)40-42(37,38)28-7-4-18-41-28/h1-13,18-20H,14-17H2,(H,33,34). The molecular formula is C32H25N3O5S2. The van der Waals surface area contributed by atoms with Crippen molar-refractivity contribution < 1.29 is 22.1 Å². The van der Waals surface area contributed by atoms with Crippen LogP contribution >= 0.6 is 11.3 Å². The molecule has 1 N–H and O–H groups in total. The molecule has 3 aromatic carbocycles. The molecule has 6 aromatic rings. The molecule has 0 aliphatic carbocycles. The number of amides is 1. The van der Waals surface area contributed by atoms with E-state index in [1.807, 2.05) is 65.7 Å². The number of nitrogens with zero attached hydrogens (tertiary/aromatic N) is 2. The quantitative estimate of drug-likeness (QED) is 0.225. The molecule has 7 rings (SSSR count). The zero-order chi connectivity index (χ0) is 28.7. The summed E-state index contributed by atoms with van der Waals surface area (Å²) in [7, 11) is -3.95. The summed E-state index contributed by atoms with van der Waals surface area (Å²) in [6.07, 6.45) is 1.83. The molecule has 3 aromatic heterocycles. The van der Waals surface area contributed by atoms with Crippen LogP contribution in [0.15, 0.2) is 101 Å². The Morgan fingerprint density at radius 3 is 2.45 bits per heavy atom. The van der Waals surface area contributed by atoms with E-state index >= 15 is 0 Å². The highest BCUT2D eigenvalue weighted by atomic mass is 32.3. The van der Waals surface area contributed by atoms with Gasteiger partial charge in [-0.15, -0.1) is 11.3 Å². The molecule has 0 unspecified atom stereocenters. The van der Waals surface area contributed by atoms with Gasteiger partial charge in [-0.1, -0.05) is 48.5 Å². The Balaban J connectivity index is 1.35. The van der Waals surface area contributed by atoms with Gasteiger partial charge in [-0.3, -0.25) is 4.79 Å². The van der Waals surface area contributed by atoms with Gasteiger partial charge in [0.1, 0.15) is 11.4 Å². The Kier molecular flexibility index (Phi) is 6.73. The van der Waals surface area contributed by atoms with Gasteiger partial charge in [0, 0.05) is 52.3 Å². The number of nitrogens with one attached hydrogen (secondary N) is 1. The number of aromatic nitrogens is 2. The second kappa shape index (κ2) is 10.7. The largest absolute Gasteiger partial charge is 0.378 e. The topological polar surface area (TPSA) is 102 Å². The van der Waals surface area contributed by atoms with Crippen molar-refractivity contribution in [2.75, 3.05) is 26.3 Å². The number of pyridine rings is 1. The Hall–Kier alpha value is -4.51. The average molecular weight is 596 g/mol. The molecule has 0 spiro atoms. The Morgan fingerprint density at radius 1 is 0.929 bits per heavy atom. The number of hydrogen-bond acceptors (Lipinski definition) is 7. The Bertz CT molecular complexity index is 2010. The third-order valence-electron chi connectivity index (χ3n) is 7.34. The number of H-pyrrole nitrogens is 1. The van der Waals surface area contributed by atoms with Gasteiger partial charge in [0.05, 0.1) is 13.2 Å². The second-order valence-electron chi connectivity index (χ2n) is 9.92. The fourth-order valence-corrected chi connectivity index (χ4v) is 7.20. The van der Waals surface area contributed by atoms with Gasteiger partial charge in [0.15, 0.2) is 4.21 Å². The van der Waals surface area contributed by atoms with Crippen LogP contribution in [0.4, 0.5) is 0 Å². The highest BCUT2D eigenvalue weighted by molar-refractivity contribution is 7.89. The maximum Gasteiger partial charge on any atom is 0.348 e. The van der Waals surface area contributed by atoms with Crippen LogP contribution < -0.4 is 4.18 Å². The maximum absolute atomic E-state index is 13.0. The van der Waals surface area contributed by atoms with Crippen molar-refractivity contribution in [1.29, 1.82) is 0 Å². The van der Waals surface area contributed by atoms with E-state index in [0.29, 0.717) is 37.5 Å². The summed E-state index contributed by atoms with van der Waals surface area (Å²) in [5, 5.41) is 3.33. The molecule has 1 amide bonds. The van der Waals surface area contributed by atoms with Gasteiger partial charge in [-0.05, 0) is 52.9 Å². The van der Waals surface area contributed by atoms with Gasteiger partial charge in [0.2, 0.25) is 0 Å². The maximum atomic E-state index is 13.0. The van der Waals surface area contributed by atoms with Crippen molar-refractivity contribution >= 4 is 49.3 Å². The van der Waals surface area contributed by atoms with Crippen LogP contribution in [0, 0.1) is 0 Å². The van der Waals surface area contributed by atoms with Crippen LogP contribution in [0.3, 0.4) is 0 Å². The summed E-state index contributed by atoms with van der Waals surface area (Å²) >= 11 is 1.11. The van der Waals surface area contributed by atoms with Gasteiger partial charge >= 0.3 is 10.1 Å². The lowest BCUT2D eigenvalue weighted by atomic mass is 9.92. The Labute approximate surface area is 246 Å². The summed E-state index contributed by atoms with van der Waals surface area (Å²) in [6, 6.07) is 26.0. The van der Waals surface area contributed by atoms with E-state index in [9.17, 15) is 13.2 Å². The molecular weight excluding hydrogens is 571 g/mol. The van der Waals surface area contributed by atoms with Crippen molar-refractivity contribution in [1.82, 2.24) is 14.9 Å². The molecule has 0 atom stereocenters. The molecule has 210 valence electrons. The lowest BCUT2D eigenvalue weighted by molar-refractivity contribution is 0.0303. The molecule has 1 aliphatic heterocycles. The molecule has 8 nitrogen and oxygen atoms in total. The monoisotopic (exact) mass is 595 g/mol. The number of morpholine rings is 1. The molecule has 42 heavy (non-hydrogen) atoms. The first kappa shape index (κ1) is 26.4. The molecule has 0 radical (unpaired) electrons. The van der Waals surface area contributed by atoms with E-state index in [1.165, 1.54) is 6.07 Å². The van der Waals surface area contributed by atoms with Crippen molar-refractivity contribution in [3.05, 3.63) is 102 Å². The summed E-state index contributed by atoms with van der Waals surface area (Å²) in [5.74, 6) is 0.204. The van der Waals surface area contributed by atoms with E-state index in [2.05, 4.69) is 4.98 Å². The van der Waals surface area contributed by atoms with Crippen LogP contribution in [0.2, 0.25) is 0 Å². The predicted molar refractivity (Wildman–Crippen MR) is 163 cm³/mol. The van der Waals surface area contributed by atoms with Crippen LogP contribution in [0.1, 0.15) is 10.4 Å². The highest BCUT2D eigenvalue weighted by Crippen LogP contribution is 2.41. The minimum atomic E-state index is -3.95. The van der Waals surface area contributed by atoms with Gasteiger partial charge in [-0.2, -0.15) is 8.42 Å². The second-order valence-corrected chi connectivity index (χ2v) is 12.6. The number of carbonyl (C=O) groups is 1. The fraction of sp³-hybridized carbons (Fsp3) is 0.125. The van der Waals surface area contributed by atoms with Crippen LogP contribution in [-0.2, 0) is 14.9 Å². The number of fused-ring (bicyclic) bond motifs is 3. The van der Waals surface area contributed by atoms with E-state index in [1.54, 1.807) is 29.6 Å². The van der Waals surface area contributed by atoms with Gasteiger partial charge < -0.3 is 18.8 Å². The smallest absolute Gasteiger partial charge is 0.348 e. The molecule has 1 fully saturated rings. The van der Waals surface area contributed by atoms with E-state index in [0.717, 1.165) is 49.9 Å². The molecule has 0 bridgehead atoms. The first-order valence-electron chi connectivity index (χ1n) is 13.4. The minimum absolute atomic E-state index is 0.0108. The zero-order valence-corrected chi connectivity index (χ0v) is 24.0. The van der Waals surface area contributed by atoms with Crippen molar-refractivity contribution in [3.63, 3.8) is 0 Å². The summed E-state index contributed by atoms with van der Waals surface area (Å²) in [5.41, 5.74) is 5.81.